The summed E-state index contributed by atoms with van der Waals surface area (Å²) in [5, 5.41) is 15.0. The molecule has 1 aliphatic carbocycles. The lowest BCUT2D eigenvalue weighted by atomic mass is 10.0. The van der Waals surface area contributed by atoms with E-state index in [0.717, 1.165) is 19.3 Å². The number of carbonyl (C=O) groups excluding carboxylic acids is 1. The molecule has 1 aliphatic rings. The maximum atomic E-state index is 11.8. The monoisotopic (exact) mass is 258 g/mol. The second-order valence-corrected chi connectivity index (χ2v) is 5.53. The van der Waals surface area contributed by atoms with E-state index in [1.807, 2.05) is 0 Å². The first-order valence-electron chi connectivity index (χ1n) is 6.73. The Balaban J connectivity index is 2.33. The number of amides is 2. The summed E-state index contributed by atoms with van der Waals surface area (Å²) in [6.45, 7) is 4.66. The molecule has 1 fully saturated rings. The van der Waals surface area contributed by atoms with Gasteiger partial charge in [0.25, 0.3) is 0 Å². The number of aliphatic hydroxyl groups is 1. The highest BCUT2D eigenvalue weighted by Crippen LogP contribution is 2.32. The van der Waals surface area contributed by atoms with E-state index in [1.165, 1.54) is 0 Å². The molecule has 5 heteroatoms. The van der Waals surface area contributed by atoms with Crippen molar-refractivity contribution in [3.8, 4) is 0 Å². The first kappa shape index (κ1) is 15.2. The Labute approximate surface area is 109 Å². The van der Waals surface area contributed by atoms with Gasteiger partial charge in [-0.15, -0.1) is 0 Å². The number of nitrogens with one attached hydrogen (secondary N) is 2. The summed E-state index contributed by atoms with van der Waals surface area (Å²) in [7, 11) is 1.64. The molecule has 18 heavy (non-hydrogen) atoms. The zero-order valence-corrected chi connectivity index (χ0v) is 11.6. The third-order valence-corrected chi connectivity index (χ3v) is 3.17. The van der Waals surface area contributed by atoms with Gasteiger partial charge in [-0.2, -0.15) is 0 Å². The van der Waals surface area contributed by atoms with Crippen LogP contribution in [0.1, 0.15) is 33.1 Å². The van der Waals surface area contributed by atoms with Crippen molar-refractivity contribution < 1.29 is 14.6 Å². The van der Waals surface area contributed by atoms with Crippen molar-refractivity contribution >= 4 is 6.03 Å². The number of aliphatic hydroxyl groups excluding tert-OH is 1. The van der Waals surface area contributed by atoms with Gasteiger partial charge in [-0.1, -0.05) is 13.8 Å². The summed E-state index contributed by atoms with van der Waals surface area (Å²) in [4.78, 5) is 11.8. The van der Waals surface area contributed by atoms with Crippen LogP contribution in [0.4, 0.5) is 4.79 Å². The van der Waals surface area contributed by atoms with E-state index in [2.05, 4.69) is 24.5 Å². The van der Waals surface area contributed by atoms with Crippen LogP contribution < -0.4 is 10.6 Å². The number of methoxy groups -OCH3 is 1. The number of hydrogen-bond donors (Lipinski definition) is 3. The van der Waals surface area contributed by atoms with Crippen LogP contribution in [0.5, 0.6) is 0 Å². The third-order valence-electron chi connectivity index (χ3n) is 3.17. The molecule has 0 aromatic carbocycles. The summed E-state index contributed by atoms with van der Waals surface area (Å²) in [6, 6.07) is -0.288. The van der Waals surface area contributed by atoms with Crippen LogP contribution in [-0.4, -0.2) is 43.5 Å². The molecule has 0 radical (unpaired) electrons. The van der Waals surface area contributed by atoms with Crippen LogP contribution in [0.15, 0.2) is 0 Å². The van der Waals surface area contributed by atoms with E-state index in [4.69, 9.17) is 4.74 Å². The van der Waals surface area contributed by atoms with Crippen LogP contribution in [-0.2, 0) is 4.74 Å². The van der Waals surface area contributed by atoms with Crippen molar-refractivity contribution in [3.63, 3.8) is 0 Å². The first-order valence-corrected chi connectivity index (χ1v) is 6.73. The van der Waals surface area contributed by atoms with Gasteiger partial charge in [-0.25, -0.2) is 4.79 Å². The topological polar surface area (TPSA) is 70.6 Å². The van der Waals surface area contributed by atoms with Crippen LogP contribution in [0.3, 0.4) is 0 Å². The first-order chi connectivity index (χ1) is 8.56. The van der Waals surface area contributed by atoms with E-state index in [9.17, 15) is 9.90 Å². The van der Waals surface area contributed by atoms with E-state index in [1.54, 1.807) is 7.11 Å². The fourth-order valence-corrected chi connectivity index (χ4v) is 2.12. The fourth-order valence-electron chi connectivity index (χ4n) is 2.12. The average Bonchev–Trinajstić information content (AvgIpc) is 3.10. The Morgan fingerprint density at radius 3 is 2.50 bits per heavy atom. The Kier molecular flexibility index (Phi) is 6.43. The summed E-state index contributed by atoms with van der Waals surface area (Å²) in [5.41, 5.74) is 0. The maximum Gasteiger partial charge on any atom is 0.315 e. The molecule has 0 bridgehead atoms. The standard InChI is InChI=1S/C13H26N2O3/c1-9(2)6-11(7-16)14-13(17)15-12(8-18-3)10-4-5-10/h9-12,16H,4-8H2,1-3H3,(H2,14,15,17). The van der Waals surface area contributed by atoms with E-state index < -0.39 is 0 Å². The molecule has 1 rings (SSSR count). The van der Waals surface area contributed by atoms with Gasteiger partial charge in [0.05, 0.1) is 25.3 Å². The minimum atomic E-state index is -0.205. The molecule has 106 valence electrons. The number of urea groups is 1. The van der Waals surface area contributed by atoms with Gasteiger partial charge in [-0.05, 0) is 31.1 Å². The lowest BCUT2D eigenvalue weighted by Crippen LogP contribution is -2.49. The van der Waals surface area contributed by atoms with Gasteiger partial charge in [0, 0.05) is 7.11 Å². The van der Waals surface area contributed by atoms with Crippen LogP contribution in [0.2, 0.25) is 0 Å². The number of carbonyl (C=O) groups is 1. The van der Waals surface area contributed by atoms with Crippen LogP contribution >= 0.6 is 0 Å². The summed E-state index contributed by atoms with van der Waals surface area (Å²) >= 11 is 0. The predicted octanol–water partition coefficient (Wildman–Crippen LogP) is 1.12. The van der Waals surface area contributed by atoms with Crippen molar-refractivity contribution in [1.82, 2.24) is 10.6 Å². The van der Waals surface area contributed by atoms with Gasteiger partial charge in [0.15, 0.2) is 0 Å². The van der Waals surface area contributed by atoms with Crippen molar-refractivity contribution in [2.45, 2.75) is 45.2 Å². The Bertz CT molecular complexity index is 255. The normalized spacial score (nSPS) is 18.5. The molecule has 2 unspecified atom stereocenters. The van der Waals surface area contributed by atoms with Gasteiger partial charge >= 0.3 is 6.03 Å². The zero-order valence-electron chi connectivity index (χ0n) is 11.6. The molecule has 0 aromatic heterocycles. The van der Waals surface area contributed by atoms with E-state index >= 15 is 0 Å². The maximum absolute atomic E-state index is 11.8. The molecule has 3 N–H and O–H groups in total. The molecule has 5 nitrogen and oxygen atoms in total. The summed E-state index contributed by atoms with van der Waals surface area (Å²) in [6.07, 6.45) is 3.09. The third kappa shape index (κ3) is 5.69. The molecular formula is C13H26N2O3. The molecule has 0 spiro atoms. The van der Waals surface area contributed by atoms with Crippen LogP contribution in [0, 0.1) is 11.8 Å². The largest absolute Gasteiger partial charge is 0.394 e. The number of hydrogen-bond acceptors (Lipinski definition) is 3. The number of rotatable bonds is 8. The molecule has 2 amide bonds. The van der Waals surface area contributed by atoms with Crippen molar-refractivity contribution in [2.24, 2.45) is 11.8 Å². The molecule has 0 aliphatic heterocycles. The van der Waals surface area contributed by atoms with Gasteiger partial charge < -0.3 is 20.5 Å². The van der Waals surface area contributed by atoms with Gasteiger partial charge in [-0.3, -0.25) is 0 Å². The molecular weight excluding hydrogens is 232 g/mol. The zero-order chi connectivity index (χ0) is 13.5. The van der Waals surface area contributed by atoms with Crippen molar-refractivity contribution in [2.75, 3.05) is 20.3 Å². The SMILES string of the molecule is COCC(NC(=O)NC(CO)CC(C)C)C1CC1. The van der Waals surface area contributed by atoms with Crippen LogP contribution in [0.25, 0.3) is 0 Å². The Morgan fingerprint density at radius 2 is 2.06 bits per heavy atom. The minimum absolute atomic E-state index is 0.0238. The lowest BCUT2D eigenvalue weighted by molar-refractivity contribution is 0.154. The fraction of sp³-hybridized carbons (Fsp3) is 0.923. The highest BCUT2D eigenvalue weighted by Gasteiger charge is 2.32. The molecule has 0 heterocycles. The molecule has 0 aromatic rings. The number of ether oxygens (including phenoxy) is 1. The average molecular weight is 258 g/mol. The predicted molar refractivity (Wildman–Crippen MR) is 70.4 cm³/mol. The smallest absolute Gasteiger partial charge is 0.315 e. The highest BCUT2D eigenvalue weighted by molar-refractivity contribution is 5.74. The van der Waals surface area contributed by atoms with Crippen molar-refractivity contribution in [1.29, 1.82) is 0 Å². The van der Waals surface area contributed by atoms with Gasteiger partial charge in [0.1, 0.15) is 0 Å². The summed E-state index contributed by atoms with van der Waals surface area (Å²) in [5.74, 6) is 0.994. The second kappa shape index (κ2) is 7.59. The molecule has 0 saturated heterocycles. The second-order valence-electron chi connectivity index (χ2n) is 5.53. The molecule has 2 atom stereocenters. The quantitative estimate of drug-likeness (QED) is 0.611. The Morgan fingerprint density at radius 1 is 1.39 bits per heavy atom. The molecule has 1 saturated carbocycles. The summed E-state index contributed by atoms with van der Waals surface area (Å²) < 4.78 is 5.11. The Hall–Kier alpha value is -0.810. The van der Waals surface area contributed by atoms with E-state index in [0.29, 0.717) is 18.4 Å². The minimum Gasteiger partial charge on any atom is -0.394 e. The lowest BCUT2D eigenvalue weighted by Gasteiger charge is -2.22. The van der Waals surface area contributed by atoms with Crippen molar-refractivity contribution in [3.05, 3.63) is 0 Å². The van der Waals surface area contributed by atoms with Gasteiger partial charge in [0.2, 0.25) is 0 Å². The highest BCUT2D eigenvalue weighted by atomic mass is 16.5. The van der Waals surface area contributed by atoms with E-state index in [-0.39, 0.29) is 24.7 Å².